The number of hydrogen-bond acceptors (Lipinski definition) is 5. The summed E-state index contributed by atoms with van der Waals surface area (Å²) in [6.07, 6.45) is 0.626. The monoisotopic (exact) mass is 392 g/mol. The van der Waals surface area contributed by atoms with Crippen LogP contribution in [0.4, 0.5) is 5.69 Å². The molecule has 0 aromatic heterocycles. The van der Waals surface area contributed by atoms with E-state index in [1.165, 1.54) is 0 Å². The van der Waals surface area contributed by atoms with Gasteiger partial charge in [0.25, 0.3) is 5.91 Å². The Morgan fingerprint density at radius 1 is 1.14 bits per heavy atom. The highest BCUT2D eigenvalue weighted by atomic mass is 16.2. The number of rotatable bonds is 5. The smallest absolute Gasteiger partial charge is 0.255 e. The van der Waals surface area contributed by atoms with Crippen LogP contribution >= 0.6 is 0 Å². The van der Waals surface area contributed by atoms with Crippen LogP contribution in [0.2, 0.25) is 0 Å². The molecule has 2 aromatic rings. The van der Waals surface area contributed by atoms with Gasteiger partial charge < -0.3 is 10.6 Å². The Kier molecular flexibility index (Phi) is 5.07. The highest BCUT2D eigenvalue weighted by molar-refractivity contribution is 6.05. The van der Waals surface area contributed by atoms with E-state index in [-0.39, 0.29) is 24.1 Å². The summed E-state index contributed by atoms with van der Waals surface area (Å²) in [7, 11) is 2.03. The van der Waals surface area contributed by atoms with Crippen LogP contribution in [0.15, 0.2) is 42.5 Å². The number of imide groups is 1. The van der Waals surface area contributed by atoms with E-state index in [9.17, 15) is 14.4 Å². The van der Waals surface area contributed by atoms with Crippen molar-refractivity contribution in [3.8, 4) is 0 Å². The van der Waals surface area contributed by atoms with Gasteiger partial charge in [-0.25, -0.2) is 0 Å². The quantitative estimate of drug-likeness (QED) is 0.596. The lowest BCUT2D eigenvalue weighted by Crippen LogP contribution is -2.52. The lowest BCUT2D eigenvalue weighted by molar-refractivity contribution is -0.136. The lowest BCUT2D eigenvalue weighted by atomic mass is 10.0. The zero-order valence-electron chi connectivity index (χ0n) is 16.4. The average molecular weight is 392 g/mol. The summed E-state index contributed by atoms with van der Waals surface area (Å²) in [5.41, 5.74) is 10.4. The Bertz CT molecular complexity index is 988. The fourth-order valence-corrected chi connectivity index (χ4v) is 4.15. The second-order valence-corrected chi connectivity index (χ2v) is 7.76. The fourth-order valence-electron chi connectivity index (χ4n) is 4.15. The van der Waals surface area contributed by atoms with Crippen molar-refractivity contribution in [1.29, 1.82) is 0 Å². The minimum absolute atomic E-state index is 0.144. The topological polar surface area (TPSA) is 95.7 Å². The van der Waals surface area contributed by atoms with Crippen molar-refractivity contribution in [1.82, 2.24) is 15.1 Å². The van der Waals surface area contributed by atoms with Crippen LogP contribution in [0.5, 0.6) is 0 Å². The summed E-state index contributed by atoms with van der Waals surface area (Å²) < 4.78 is 0. The molecule has 1 unspecified atom stereocenters. The van der Waals surface area contributed by atoms with Gasteiger partial charge in [-0.3, -0.25) is 24.6 Å². The lowest BCUT2D eigenvalue weighted by Gasteiger charge is -2.29. The molecule has 4 rings (SSSR count). The molecule has 2 aliphatic heterocycles. The number of piperidine rings is 1. The van der Waals surface area contributed by atoms with Crippen molar-refractivity contribution in [2.24, 2.45) is 0 Å². The summed E-state index contributed by atoms with van der Waals surface area (Å²) in [4.78, 5) is 40.4. The van der Waals surface area contributed by atoms with Crippen molar-refractivity contribution in [2.45, 2.75) is 38.5 Å². The first kappa shape index (κ1) is 19.1. The van der Waals surface area contributed by atoms with Crippen molar-refractivity contribution < 1.29 is 14.4 Å². The largest absolute Gasteiger partial charge is 0.399 e. The van der Waals surface area contributed by atoms with Gasteiger partial charge in [0.1, 0.15) is 6.04 Å². The molecule has 3 N–H and O–H groups in total. The first-order valence-corrected chi connectivity index (χ1v) is 9.71. The van der Waals surface area contributed by atoms with Crippen molar-refractivity contribution in [3.63, 3.8) is 0 Å². The van der Waals surface area contributed by atoms with Crippen LogP contribution in [0, 0.1) is 0 Å². The predicted octanol–water partition coefficient (Wildman–Crippen LogP) is 1.66. The molecule has 1 saturated heterocycles. The highest BCUT2D eigenvalue weighted by Crippen LogP contribution is 2.30. The minimum atomic E-state index is -0.592. The first-order valence-electron chi connectivity index (χ1n) is 9.71. The number of fused-ring (bicyclic) bond motifs is 1. The van der Waals surface area contributed by atoms with E-state index < -0.39 is 6.04 Å². The zero-order chi connectivity index (χ0) is 20.5. The Balaban J connectivity index is 1.51. The number of nitrogen functional groups attached to an aromatic ring is 1. The number of nitrogens with two attached hydrogens (primary N) is 1. The molecule has 7 nitrogen and oxygen atoms in total. The molecule has 2 aliphatic rings. The molecule has 0 bridgehead atoms. The van der Waals surface area contributed by atoms with E-state index in [0.29, 0.717) is 25.1 Å². The van der Waals surface area contributed by atoms with Gasteiger partial charge in [-0.2, -0.15) is 0 Å². The summed E-state index contributed by atoms with van der Waals surface area (Å²) in [6, 6.07) is 12.9. The van der Waals surface area contributed by atoms with Gasteiger partial charge in [-0.15, -0.1) is 0 Å². The molecule has 3 amide bonds. The Morgan fingerprint density at radius 3 is 2.69 bits per heavy atom. The maximum absolute atomic E-state index is 12.9. The number of benzene rings is 2. The van der Waals surface area contributed by atoms with E-state index >= 15 is 0 Å². The van der Waals surface area contributed by atoms with E-state index in [4.69, 9.17) is 5.73 Å². The number of anilines is 1. The molecule has 7 heteroatoms. The average Bonchev–Trinajstić information content (AvgIpc) is 2.99. The van der Waals surface area contributed by atoms with Gasteiger partial charge in [-0.05, 0) is 48.4 Å². The zero-order valence-corrected chi connectivity index (χ0v) is 16.4. The number of nitrogens with zero attached hydrogens (tertiary/aromatic N) is 2. The van der Waals surface area contributed by atoms with Crippen LogP contribution in [0.25, 0.3) is 0 Å². The van der Waals surface area contributed by atoms with Crippen LogP contribution in [0.3, 0.4) is 0 Å². The Labute approximate surface area is 169 Å². The van der Waals surface area contributed by atoms with Gasteiger partial charge in [-0.1, -0.05) is 24.3 Å². The number of hydrogen-bond donors (Lipinski definition) is 2. The summed E-state index contributed by atoms with van der Waals surface area (Å²) in [5, 5.41) is 2.34. The van der Waals surface area contributed by atoms with Gasteiger partial charge in [0, 0.05) is 37.3 Å². The van der Waals surface area contributed by atoms with Gasteiger partial charge >= 0.3 is 0 Å². The van der Waals surface area contributed by atoms with Crippen molar-refractivity contribution >= 4 is 23.4 Å². The predicted molar refractivity (Wildman–Crippen MR) is 109 cm³/mol. The molecule has 1 fully saturated rings. The molecule has 0 aliphatic carbocycles. The van der Waals surface area contributed by atoms with Crippen LogP contribution < -0.4 is 11.1 Å². The van der Waals surface area contributed by atoms with Crippen molar-refractivity contribution in [3.05, 3.63) is 64.7 Å². The summed E-state index contributed by atoms with van der Waals surface area (Å²) in [6.45, 7) is 1.80. The maximum Gasteiger partial charge on any atom is 0.255 e. The van der Waals surface area contributed by atoms with E-state index in [0.717, 1.165) is 28.9 Å². The molecular formula is C22H24N4O3. The number of amides is 3. The molecule has 2 aromatic carbocycles. The normalized spacial score (nSPS) is 18.9. The van der Waals surface area contributed by atoms with E-state index in [1.54, 1.807) is 4.90 Å². The molecule has 0 radical (unpaired) electrons. The van der Waals surface area contributed by atoms with Crippen molar-refractivity contribution in [2.75, 3.05) is 12.8 Å². The molecular weight excluding hydrogens is 368 g/mol. The third-order valence-electron chi connectivity index (χ3n) is 5.52. The summed E-state index contributed by atoms with van der Waals surface area (Å²) in [5.74, 6) is -0.808. The van der Waals surface area contributed by atoms with E-state index in [2.05, 4.69) is 10.2 Å². The third kappa shape index (κ3) is 3.86. The Morgan fingerprint density at radius 2 is 1.93 bits per heavy atom. The fraction of sp³-hybridized carbons (Fsp3) is 0.318. The second kappa shape index (κ2) is 7.67. The minimum Gasteiger partial charge on any atom is -0.399 e. The van der Waals surface area contributed by atoms with Gasteiger partial charge in [0.2, 0.25) is 11.8 Å². The SMILES string of the molecule is CN(Cc1cccc(N)c1)Cc1cccc2c1CN(C1CCC(=O)NC1=O)C2=O. The Hall–Kier alpha value is -3.19. The first-order chi connectivity index (χ1) is 13.9. The van der Waals surface area contributed by atoms with Crippen LogP contribution in [-0.4, -0.2) is 40.6 Å². The molecule has 150 valence electrons. The maximum atomic E-state index is 12.9. The van der Waals surface area contributed by atoms with Gasteiger partial charge in [0.15, 0.2) is 0 Å². The molecule has 1 atom stereocenters. The molecule has 0 saturated carbocycles. The molecule has 2 heterocycles. The van der Waals surface area contributed by atoms with E-state index in [1.807, 2.05) is 49.5 Å². The molecule has 0 spiro atoms. The number of carbonyl (C=O) groups is 3. The molecule has 29 heavy (non-hydrogen) atoms. The highest BCUT2D eigenvalue weighted by Gasteiger charge is 2.39. The van der Waals surface area contributed by atoms with Crippen LogP contribution in [-0.2, 0) is 29.2 Å². The second-order valence-electron chi connectivity index (χ2n) is 7.76. The number of nitrogens with one attached hydrogen (secondary N) is 1. The third-order valence-corrected chi connectivity index (χ3v) is 5.52. The van der Waals surface area contributed by atoms with Gasteiger partial charge in [0.05, 0.1) is 0 Å². The summed E-state index contributed by atoms with van der Waals surface area (Å²) >= 11 is 0. The standard InChI is InChI=1S/C22H24N4O3/c1-25(11-14-4-2-6-16(23)10-14)12-15-5-3-7-17-18(15)13-26(22(17)29)19-8-9-20(27)24-21(19)28/h2-7,10,19H,8-9,11-13,23H2,1H3,(H,24,27,28). The number of carbonyl (C=O) groups excluding carboxylic acids is 3. The van der Waals surface area contributed by atoms with Crippen LogP contribution in [0.1, 0.15) is 39.9 Å².